The number of carboxylic acid groups (broad SMARTS) is 1. The Bertz CT molecular complexity index is 200. The van der Waals surface area contributed by atoms with E-state index in [0.29, 0.717) is 12.8 Å². The summed E-state index contributed by atoms with van der Waals surface area (Å²) in [6.45, 7) is 0. The highest BCUT2D eigenvalue weighted by atomic mass is 16.7. The lowest BCUT2D eigenvalue weighted by Gasteiger charge is -2.17. The van der Waals surface area contributed by atoms with Gasteiger partial charge >= 0.3 is 6.16 Å². The van der Waals surface area contributed by atoms with Gasteiger partial charge in [0.2, 0.25) is 0 Å². The zero-order valence-electron chi connectivity index (χ0n) is 7.35. The first-order valence-corrected chi connectivity index (χ1v) is 4.43. The van der Waals surface area contributed by atoms with Crippen molar-refractivity contribution in [1.82, 2.24) is 0 Å². The van der Waals surface area contributed by atoms with Crippen LogP contribution in [0.3, 0.4) is 0 Å². The number of aliphatic hydroxyl groups is 1. The zero-order chi connectivity index (χ0) is 9.68. The second kappa shape index (κ2) is 4.87. The summed E-state index contributed by atoms with van der Waals surface area (Å²) in [5, 5.41) is 17.7. The largest absolute Gasteiger partial charge is 0.506 e. The molecule has 74 valence electrons. The molecule has 0 bridgehead atoms. The molecular weight excluding hydrogens is 172 g/mol. The van der Waals surface area contributed by atoms with E-state index in [2.05, 4.69) is 4.74 Å². The monoisotopic (exact) mass is 186 g/mol. The molecule has 13 heavy (non-hydrogen) atoms. The zero-order valence-corrected chi connectivity index (χ0v) is 7.35. The van der Waals surface area contributed by atoms with Gasteiger partial charge in [-0.3, -0.25) is 0 Å². The van der Waals surface area contributed by atoms with Crippen LogP contribution >= 0.6 is 0 Å². The fourth-order valence-corrected chi connectivity index (χ4v) is 1.36. The molecule has 1 rings (SSSR count). The van der Waals surface area contributed by atoms with Crippen LogP contribution in [0.15, 0.2) is 12.2 Å². The van der Waals surface area contributed by atoms with E-state index in [1.54, 1.807) is 6.08 Å². The maximum absolute atomic E-state index is 10.2. The summed E-state index contributed by atoms with van der Waals surface area (Å²) in [6.07, 6.45) is 4.31. The Kier molecular flexibility index (Phi) is 3.76. The Labute approximate surface area is 76.8 Å². The molecule has 1 aliphatic rings. The van der Waals surface area contributed by atoms with Gasteiger partial charge in [0.15, 0.2) is 0 Å². The van der Waals surface area contributed by atoms with E-state index in [1.165, 1.54) is 0 Å². The van der Waals surface area contributed by atoms with Crippen LogP contribution in [0.25, 0.3) is 0 Å². The smallest absolute Gasteiger partial charge is 0.450 e. The standard InChI is InChI=1S/C9H14O4/c10-7-3-1-2-4-8(6-5-7)13-9(11)12/h2,4,7-8,10H,1,3,5-6H2,(H,11,12)/b4-2+. The molecule has 1 aliphatic carbocycles. The van der Waals surface area contributed by atoms with Crippen LogP contribution in [0.2, 0.25) is 0 Å². The molecule has 0 saturated carbocycles. The third-order valence-corrected chi connectivity index (χ3v) is 2.05. The van der Waals surface area contributed by atoms with E-state index in [4.69, 9.17) is 5.11 Å². The Balaban J connectivity index is 2.44. The molecule has 0 fully saturated rings. The molecule has 2 atom stereocenters. The highest BCUT2D eigenvalue weighted by molar-refractivity contribution is 5.57. The number of allylic oxidation sites excluding steroid dienone is 1. The summed E-state index contributed by atoms with van der Waals surface area (Å²) in [5.41, 5.74) is 0. The molecular formula is C9H14O4. The van der Waals surface area contributed by atoms with Crippen LogP contribution in [0.5, 0.6) is 0 Å². The van der Waals surface area contributed by atoms with E-state index in [9.17, 15) is 9.90 Å². The molecule has 0 heterocycles. The molecule has 0 aliphatic heterocycles. The van der Waals surface area contributed by atoms with Crippen LogP contribution in [-0.4, -0.2) is 28.6 Å². The van der Waals surface area contributed by atoms with Crippen LogP contribution in [0.1, 0.15) is 25.7 Å². The second-order valence-electron chi connectivity index (χ2n) is 3.16. The SMILES string of the molecule is O=C(O)OC1/C=C/CCC(O)CC1. The van der Waals surface area contributed by atoms with Gasteiger partial charge in [-0.2, -0.15) is 0 Å². The molecule has 4 nitrogen and oxygen atoms in total. The average Bonchev–Trinajstić information content (AvgIpc) is 2.03. The summed E-state index contributed by atoms with van der Waals surface area (Å²) in [4.78, 5) is 10.2. The molecule has 2 N–H and O–H groups in total. The molecule has 0 saturated heterocycles. The number of hydrogen-bond donors (Lipinski definition) is 2. The average molecular weight is 186 g/mol. The van der Waals surface area contributed by atoms with Crippen LogP contribution in [0.4, 0.5) is 4.79 Å². The topological polar surface area (TPSA) is 66.8 Å². The minimum atomic E-state index is -1.26. The normalized spacial score (nSPS) is 31.5. The highest BCUT2D eigenvalue weighted by Crippen LogP contribution is 2.14. The van der Waals surface area contributed by atoms with Crippen molar-refractivity contribution in [3.8, 4) is 0 Å². The third kappa shape index (κ3) is 3.94. The van der Waals surface area contributed by atoms with Crippen molar-refractivity contribution >= 4 is 6.16 Å². The lowest BCUT2D eigenvalue weighted by Crippen LogP contribution is -2.19. The van der Waals surface area contributed by atoms with Crippen molar-refractivity contribution in [2.24, 2.45) is 0 Å². The van der Waals surface area contributed by atoms with Crippen LogP contribution in [0, 0.1) is 0 Å². The first kappa shape index (κ1) is 10.1. The van der Waals surface area contributed by atoms with Crippen molar-refractivity contribution in [2.75, 3.05) is 0 Å². The van der Waals surface area contributed by atoms with Gasteiger partial charge in [0.25, 0.3) is 0 Å². The Morgan fingerprint density at radius 2 is 2.15 bits per heavy atom. The summed E-state index contributed by atoms with van der Waals surface area (Å²) in [5.74, 6) is 0. The predicted molar refractivity (Wildman–Crippen MR) is 46.5 cm³/mol. The van der Waals surface area contributed by atoms with Crippen LogP contribution < -0.4 is 0 Å². The fraction of sp³-hybridized carbons (Fsp3) is 0.667. The molecule has 0 radical (unpaired) electrons. The van der Waals surface area contributed by atoms with Gasteiger partial charge in [-0.15, -0.1) is 0 Å². The van der Waals surface area contributed by atoms with E-state index in [0.717, 1.165) is 12.8 Å². The number of hydrogen-bond acceptors (Lipinski definition) is 3. The van der Waals surface area contributed by atoms with Crippen LogP contribution in [-0.2, 0) is 4.74 Å². The first-order valence-electron chi connectivity index (χ1n) is 4.43. The van der Waals surface area contributed by atoms with E-state index in [1.807, 2.05) is 6.08 Å². The van der Waals surface area contributed by atoms with Crippen molar-refractivity contribution in [3.63, 3.8) is 0 Å². The third-order valence-electron chi connectivity index (χ3n) is 2.05. The van der Waals surface area contributed by atoms with Gasteiger partial charge < -0.3 is 14.9 Å². The Morgan fingerprint density at radius 1 is 1.38 bits per heavy atom. The lowest BCUT2D eigenvalue weighted by molar-refractivity contribution is 0.0555. The van der Waals surface area contributed by atoms with E-state index in [-0.39, 0.29) is 6.10 Å². The van der Waals surface area contributed by atoms with Gasteiger partial charge in [-0.05, 0) is 31.8 Å². The summed E-state index contributed by atoms with van der Waals surface area (Å²) < 4.78 is 4.59. The number of ether oxygens (including phenoxy) is 1. The quantitative estimate of drug-likeness (QED) is 0.481. The van der Waals surface area contributed by atoms with Crippen molar-refractivity contribution in [3.05, 3.63) is 12.2 Å². The van der Waals surface area contributed by atoms with Crippen molar-refractivity contribution in [2.45, 2.75) is 37.9 Å². The van der Waals surface area contributed by atoms with Crippen molar-refractivity contribution in [1.29, 1.82) is 0 Å². The predicted octanol–water partition coefficient (Wildman–Crippen LogP) is 1.54. The van der Waals surface area contributed by atoms with Crippen molar-refractivity contribution < 1.29 is 19.7 Å². The molecule has 0 amide bonds. The maximum Gasteiger partial charge on any atom is 0.506 e. The molecule has 0 spiro atoms. The lowest BCUT2D eigenvalue weighted by atomic mass is 10.0. The number of rotatable bonds is 1. The molecule has 4 heteroatoms. The van der Waals surface area contributed by atoms with Gasteiger partial charge in [0, 0.05) is 0 Å². The van der Waals surface area contributed by atoms with E-state index >= 15 is 0 Å². The maximum atomic E-state index is 10.2. The van der Waals surface area contributed by atoms with Gasteiger partial charge in [0.05, 0.1) is 6.10 Å². The van der Waals surface area contributed by atoms with Gasteiger partial charge in [0.1, 0.15) is 6.10 Å². The summed E-state index contributed by atoms with van der Waals surface area (Å²) in [6, 6.07) is 0. The summed E-state index contributed by atoms with van der Waals surface area (Å²) >= 11 is 0. The highest BCUT2D eigenvalue weighted by Gasteiger charge is 2.14. The molecule has 2 unspecified atom stereocenters. The fourth-order valence-electron chi connectivity index (χ4n) is 1.36. The summed E-state index contributed by atoms with van der Waals surface area (Å²) in [7, 11) is 0. The molecule has 0 aromatic rings. The molecule has 0 aromatic carbocycles. The Morgan fingerprint density at radius 3 is 2.85 bits per heavy atom. The number of aliphatic hydroxyl groups excluding tert-OH is 1. The minimum Gasteiger partial charge on any atom is -0.450 e. The number of carbonyl (C=O) groups is 1. The van der Waals surface area contributed by atoms with Gasteiger partial charge in [-0.1, -0.05) is 6.08 Å². The first-order chi connectivity index (χ1) is 6.18. The second-order valence-corrected chi connectivity index (χ2v) is 3.16. The van der Waals surface area contributed by atoms with E-state index < -0.39 is 12.3 Å². The van der Waals surface area contributed by atoms with Gasteiger partial charge in [-0.25, -0.2) is 4.79 Å². The minimum absolute atomic E-state index is 0.329. The molecule has 0 aromatic heterocycles. The Hall–Kier alpha value is -1.03.